The minimum absolute atomic E-state index is 0.0416. The van der Waals surface area contributed by atoms with Gasteiger partial charge in [0, 0.05) is 17.0 Å². The summed E-state index contributed by atoms with van der Waals surface area (Å²) in [5.41, 5.74) is 2.25. The van der Waals surface area contributed by atoms with Crippen molar-refractivity contribution in [1.29, 1.82) is 0 Å². The molecule has 1 aromatic heterocycles. The van der Waals surface area contributed by atoms with Crippen LogP contribution in [0.3, 0.4) is 0 Å². The zero-order valence-electron chi connectivity index (χ0n) is 14.7. The van der Waals surface area contributed by atoms with E-state index in [2.05, 4.69) is 10.3 Å². The average Bonchev–Trinajstić information content (AvgIpc) is 3.01. The van der Waals surface area contributed by atoms with Crippen molar-refractivity contribution < 1.29 is 9.59 Å². The number of nitrogens with one attached hydrogen (secondary N) is 1. The highest BCUT2D eigenvalue weighted by Gasteiger charge is 2.20. The number of rotatable bonds is 6. The first-order valence-corrected chi connectivity index (χ1v) is 8.90. The number of hydrogen-bond acceptors (Lipinski definition) is 3. The predicted molar refractivity (Wildman–Crippen MR) is 102 cm³/mol. The van der Waals surface area contributed by atoms with E-state index in [1.165, 1.54) is 0 Å². The minimum atomic E-state index is -0.298. The van der Waals surface area contributed by atoms with Gasteiger partial charge in [0.2, 0.25) is 5.91 Å². The van der Waals surface area contributed by atoms with E-state index in [-0.39, 0.29) is 24.3 Å². The quantitative estimate of drug-likeness (QED) is 0.663. The highest BCUT2D eigenvalue weighted by Crippen LogP contribution is 2.22. The Kier molecular flexibility index (Phi) is 5.38. The highest BCUT2D eigenvalue weighted by atomic mass is 35.5. The summed E-state index contributed by atoms with van der Waals surface area (Å²) in [4.78, 5) is 29.1. The van der Waals surface area contributed by atoms with E-state index in [0.717, 1.165) is 11.0 Å². The molecule has 0 aliphatic rings. The predicted octanol–water partition coefficient (Wildman–Crippen LogP) is 4.16. The van der Waals surface area contributed by atoms with E-state index in [9.17, 15) is 9.59 Å². The first-order valence-electron chi connectivity index (χ1n) is 8.53. The molecule has 1 unspecified atom stereocenters. The maximum Gasteiger partial charge on any atom is 0.220 e. The monoisotopic (exact) mass is 369 g/mol. The molecule has 3 aromatic rings. The van der Waals surface area contributed by atoms with E-state index in [1.54, 1.807) is 31.2 Å². The van der Waals surface area contributed by atoms with Crippen molar-refractivity contribution in [2.24, 2.45) is 0 Å². The summed E-state index contributed by atoms with van der Waals surface area (Å²) in [5, 5.41) is 3.51. The molecule has 0 saturated carbocycles. The van der Waals surface area contributed by atoms with Crippen molar-refractivity contribution in [1.82, 2.24) is 14.9 Å². The molecular weight excluding hydrogens is 350 g/mol. The van der Waals surface area contributed by atoms with Crippen LogP contribution in [0.25, 0.3) is 11.0 Å². The fourth-order valence-electron chi connectivity index (χ4n) is 2.87. The van der Waals surface area contributed by atoms with Gasteiger partial charge in [-0.15, -0.1) is 0 Å². The first-order chi connectivity index (χ1) is 12.5. The van der Waals surface area contributed by atoms with Crippen molar-refractivity contribution in [2.75, 3.05) is 0 Å². The number of ketones is 1. The lowest BCUT2D eigenvalue weighted by Crippen LogP contribution is -2.28. The summed E-state index contributed by atoms with van der Waals surface area (Å²) in [6.45, 7) is 3.82. The van der Waals surface area contributed by atoms with Gasteiger partial charge < -0.3 is 9.88 Å². The van der Waals surface area contributed by atoms with E-state index in [4.69, 9.17) is 11.6 Å². The van der Waals surface area contributed by atoms with Gasteiger partial charge in [-0.1, -0.05) is 30.7 Å². The fraction of sp³-hybridized carbons (Fsp3) is 0.250. The number of fused-ring (bicyclic) bond motifs is 1. The first kappa shape index (κ1) is 18.1. The number of imidazole rings is 1. The van der Waals surface area contributed by atoms with Crippen molar-refractivity contribution in [3.63, 3.8) is 0 Å². The van der Waals surface area contributed by atoms with Crippen LogP contribution in [0, 0.1) is 0 Å². The van der Waals surface area contributed by atoms with Crippen molar-refractivity contribution in [3.8, 4) is 0 Å². The Morgan fingerprint density at radius 3 is 2.54 bits per heavy atom. The third-order valence-corrected chi connectivity index (χ3v) is 4.49. The Morgan fingerprint density at radius 2 is 1.85 bits per heavy atom. The van der Waals surface area contributed by atoms with E-state index >= 15 is 0 Å². The SMILES string of the molecule is CCC(=O)NC(C)c1nc2ccccc2n1CC(=O)c1ccc(Cl)cc1. The summed E-state index contributed by atoms with van der Waals surface area (Å²) in [5.74, 6) is 0.565. The van der Waals surface area contributed by atoms with Crippen LogP contribution >= 0.6 is 11.6 Å². The Morgan fingerprint density at radius 1 is 1.15 bits per heavy atom. The van der Waals surface area contributed by atoms with Crippen molar-refractivity contribution in [3.05, 3.63) is 64.9 Å². The molecule has 26 heavy (non-hydrogen) atoms. The molecule has 2 aromatic carbocycles. The number of benzene rings is 2. The lowest BCUT2D eigenvalue weighted by atomic mass is 10.1. The number of amides is 1. The van der Waals surface area contributed by atoms with E-state index < -0.39 is 0 Å². The number of nitrogens with zero attached hydrogens (tertiary/aromatic N) is 2. The Balaban J connectivity index is 1.97. The Labute approximate surface area is 157 Å². The third kappa shape index (κ3) is 3.78. The lowest BCUT2D eigenvalue weighted by Gasteiger charge is -2.15. The highest BCUT2D eigenvalue weighted by molar-refractivity contribution is 6.30. The van der Waals surface area contributed by atoms with Gasteiger partial charge >= 0.3 is 0 Å². The van der Waals surface area contributed by atoms with Crippen LogP contribution in [-0.2, 0) is 11.3 Å². The second kappa shape index (κ2) is 7.70. The van der Waals surface area contributed by atoms with Crippen LogP contribution in [0.4, 0.5) is 0 Å². The second-order valence-electron chi connectivity index (χ2n) is 6.12. The average molecular weight is 370 g/mol. The fourth-order valence-corrected chi connectivity index (χ4v) is 3.00. The van der Waals surface area contributed by atoms with Crippen LogP contribution in [0.15, 0.2) is 48.5 Å². The number of Topliss-reactive ketones (excluding diaryl/α,β-unsaturated/α-hetero) is 1. The normalized spacial score (nSPS) is 12.1. The zero-order valence-corrected chi connectivity index (χ0v) is 15.5. The minimum Gasteiger partial charge on any atom is -0.346 e. The van der Waals surface area contributed by atoms with Gasteiger partial charge in [0.25, 0.3) is 0 Å². The van der Waals surface area contributed by atoms with Gasteiger partial charge in [0.1, 0.15) is 5.82 Å². The van der Waals surface area contributed by atoms with Crippen LogP contribution in [0.2, 0.25) is 5.02 Å². The molecular formula is C20H20ClN3O2. The molecule has 5 nitrogen and oxygen atoms in total. The topological polar surface area (TPSA) is 64.0 Å². The summed E-state index contributed by atoms with van der Waals surface area (Å²) in [6.07, 6.45) is 0.397. The van der Waals surface area contributed by atoms with Crippen LogP contribution in [-0.4, -0.2) is 21.2 Å². The molecule has 1 heterocycles. The van der Waals surface area contributed by atoms with Gasteiger partial charge in [-0.05, 0) is 43.3 Å². The smallest absolute Gasteiger partial charge is 0.220 e. The molecule has 6 heteroatoms. The second-order valence-corrected chi connectivity index (χ2v) is 6.55. The molecule has 134 valence electrons. The number of para-hydroxylation sites is 2. The third-order valence-electron chi connectivity index (χ3n) is 4.24. The van der Waals surface area contributed by atoms with Gasteiger partial charge in [0.05, 0.1) is 23.6 Å². The number of aromatic nitrogens is 2. The number of carbonyl (C=O) groups is 2. The molecule has 0 aliphatic carbocycles. The molecule has 1 amide bonds. The summed E-state index contributed by atoms with van der Waals surface area (Å²) in [7, 11) is 0. The van der Waals surface area contributed by atoms with E-state index in [0.29, 0.717) is 22.8 Å². The lowest BCUT2D eigenvalue weighted by molar-refractivity contribution is -0.121. The molecule has 1 N–H and O–H groups in total. The molecule has 0 fully saturated rings. The molecule has 0 spiro atoms. The van der Waals surface area contributed by atoms with Gasteiger partial charge in [-0.2, -0.15) is 0 Å². The maximum absolute atomic E-state index is 12.7. The molecule has 0 saturated heterocycles. The summed E-state index contributed by atoms with van der Waals surface area (Å²) >= 11 is 5.90. The summed E-state index contributed by atoms with van der Waals surface area (Å²) in [6, 6.07) is 14.2. The number of hydrogen-bond donors (Lipinski definition) is 1. The van der Waals surface area contributed by atoms with Gasteiger partial charge in [-0.25, -0.2) is 4.98 Å². The van der Waals surface area contributed by atoms with Gasteiger partial charge in [-0.3, -0.25) is 9.59 Å². The molecule has 1 atom stereocenters. The Hall–Kier alpha value is -2.66. The standard InChI is InChI=1S/C20H20ClN3O2/c1-3-19(26)22-13(2)20-23-16-6-4-5-7-17(16)24(20)12-18(25)14-8-10-15(21)11-9-14/h4-11,13H,3,12H2,1-2H3,(H,22,26). The van der Waals surface area contributed by atoms with Crippen LogP contribution in [0.5, 0.6) is 0 Å². The molecule has 3 rings (SSSR count). The van der Waals surface area contributed by atoms with E-state index in [1.807, 2.05) is 35.8 Å². The molecule has 0 bridgehead atoms. The van der Waals surface area contributed by atoms with Crippen LogP contribution < -0.4 is 5.32 Å². The molecule has 0 radical (unpaired) electrons. The van der Waals surface area contributed by atoms with Gasteiger partial charge in [0.15, 0.2) is 5.78 Å². The zero-order chi connectivity index (χ0) is 18.7. The molecule has 0 aliphatic heterocycles. The number of halogens is 1. The largest absolute Gasteiger partial charge is 0.346 e. The maximum atomic E-state index is 12.7. The summed E-state index contributed by atoms with van der Waals surface area (Å²) < 4.78 is 1.87. The Bertz CT molecular complexity index is 947. The van der Waals surface area contributed by atoms with Crippen molar-refractivity contribution >= 4 is 34.3 Å². The van der Waals surface area contributed by atoms with Crippen LogP contribution in [0.1, 0.15) is 42.5 Å². The number of carbonyl (C=O) groups excluding carboxylic acids is 2. The van der Waals surface area contributed by atoms with Crippen molar-refractivity contribution in [2.45, 2.75) is 32.9 Å².